The molecule has 27 heavy (non-hydrogen) atoms. The first-order chi connectivity index (χ1) is 12.8. The van der Waals surface area contributed by atoms with E-state index in [2.05, 4.69) is 10.1 Å². The van der Waals surface area contributed by atoms with Crippen LogP contribution in [0.25, 0.3) is 11.4 Å². The van der Waals surface area contributed by atoms with Gasteiger partial charge in [-0.25, -0.2) is 8.78 Å². The zero-order valence-electron chi connectivity index (χ0n) is 15.5. The zero-order valence-corrected chi connectivity index (χ0v) is 15.5. The van der Waals surface area contributed by atoms with E-state index in [1.54, 1.807) is 18.2 Å². The van der Waals surface area contributed by atoms with Gasteiger partial charge in [0.25, 0.3) is 0 Å². The molecule has 1 heterocycles. The van der Waals surface area contributed by atoms with Gasteiger partial charge in [0.05, 0.1) is 7.11 Å². The second-order valence-corrected chi connectivity index (χ2v) is 7.06. The maximum atomic E-state index is 13.7. The molecule has 7 heteroatoms. The summed E-state index contributed by atoms with van der Waals surface area (Å²) >= 11 is 0. The van der Waals surface area contributed by atoms with Crippen LogP contribution in [0.2, 0.25) is 0 Å². The van der Waals surface area contributed by atoms with Crippen LogP contribution >= 0.6 is 0 Å². The van der Waals surface area contributed by atoms with Crippen LogP contribution in [0.15, 0.2) is 40.9 Å². The SMILES string of the molecule is COc1cc(-c2noc(C(C)(C)C)n2)ccc1OCc1cc(F)ccc1F. The first-order valence-corrected chi connectivity index (χ1v) is 8.37. The van der Waals surface area contributed by atoms with Gasteiger partial charge in [-0.2, -0.15) is 4.98 Å². The van der Waals surface area contributed by atoms with Gasteiger partial charge in [-0.15, -0.1) is 0 Å². The summed E-state index contributed by atoms with van der Waals surface area (Å²) < 4.78 is 43.3. The summed E-state index contributed by atoms with van der Waals surface area (Å²) in [6.07, 6.45) is 0. The predicted molar refractivity (Wildman–Crippen MR) is 95.7 cm³/mol. The van der Waals surface area contributed by atoms with Crippen molar-refractivity contribution in [3.8, 4) is 22.9 Å². The van der Waals surface area contributed by atoms with Crippen molar-refractivity contribution in [3.63, 3.8) is 0 Å². The highest BCUT2D eigenvalue weighted by Crippen LogP contribution is 2.33. The van der Waals surface area contributed by atoms with E-state index in [0.717, 1.165) is 18.2 Å². The average molecular weight is 374 g/mol. The Kier molecular flexibility index (Phi) is 5.12. The molecule has 0 amide bonds. The van der Waals surface area contributed by atoms with Gasteiger partial charge in [0, 0.05) is 16.5 Å². The zero-order chi connectivity index (χ0) is 19.6. The molecule has 3 rings (SSSR count). The Morgan fingerprint density at radius 3 is 2.48 bits per heavy atom. The Morgan fingerprint density at radius 1 is 1.04 bits per heavy atom. The number of ether oxygens (including phenoxy) is 2. The lowest BCUT2D eigenvalue weighted by Crippen LogP contribution is -2.11. The molecule has 1 aromatic heterocycles. The third kappa shape index (κ3) is 4.24. The van der Waals surface area contributed by atoms with Crippen LogP contribution in [0.4, 0.5) is 8.78 Å². The molecule has 0 fully saturated rings. The largest absolute Gasteiger partial charge is 0.493 e. The van der Waals surface area contributed by atoms with Crippen molar-refractivity contribution in [2.45, 2.75) is 32.8 Å². The van der Waals surface area contributed by atoms with Crippen LogP contribution in [0.5, 0.6) is 11.5 Å². The van der Waals surface area contributed by atoms with Crippen molar-refractivity contribution in [3.05, 3.63) is 59.5 Å². The Bertz CT molecular complexity index is 949. The molecule has 2 aromatic carbocycles. The molecule has 142 valence electrons. The van der Waals surface area contributed by atoms with Gasteiger partial charge in [0.2, 0.25) is 11.7 Å². The Hall–Kier alpha value is -2.96. The standard InChI is InChI=1S/C20H20F2N2O3/c1-20(2,3)19-23-18(24-27-19)12-5-8-16(17(10-12)25-4)26-11-13-9-14(21)6-7-15(13)22/h5-10H,11H2,1-4H3. The smallest absolute Gasteiger partial charge is 0.232 e. The summed E-state index contributed by atoms with van der Waals surface area (Å²) in [6, 6.07) is 8.34. The van der Waals surface area contributed by atoms with E-state index in [4.69, 9.17) is 14.0 Å². The minimum absolute atomic E-state index is 0.120. The van der Waals surface area contributed by atoms with E-state index in [1.165, 1.54) is 7.11 Å². The van der Waals surface area contributed by atoms with Crippen molar-refractivity contribution in [2.24, 2.45) is 0 Å². The van der Waals surface area contributed by atoms with Crippen molar-refractivity contribution in [1.29, 1.82) is 0 Å². The number of methoxy groups -OCH3 is 1. The maximum absolute atomic E-state index is 13.7. The summed E-state index contributed by atoms with van der Waals surface area (Å²) in [4.78, 5) is 4.41. The van der Waals surface area contributed by atoms with E-state index in [-0.39, 0.29) is 17.6 Å². The highest BCUT2D eigenvalue weighted by atomic mass is 19.1. The van der Waals surface area contributed by atoms with Crippen LogP contribution in [-0.4, -0.2) is 17.3 Å². The van der Waals surface area contributed by atoms with Crippen molar-refractivity contribution < 1.29 is 22.8 Å². The fourth-order valence-electron chi connectivity index (χ4n) is 2.38. The van der Waals surface area contributed by atoms with Crippen LogP contribution in [-0.2, 0) is 12.0 Å². The maximum Gasteiger partial charge on any atom is 0.232 e. The van der Waals surface area contributed by atoms with E-state index >= 15 is 0 Å². The fourth-order valence-corrected chi connectivity index (χ4v) is 2.38. The number of rotatable bonds is 5. The van der Waals surface area contributed by atoms with Gasteiger partial charge in [0.1, 0.15) is 18.2 Å². The van der Waals surface area contributed by atoms with Crippen LogP contribution < -0.4 is 9.47 Å². The molecule has 0 saturated carbocycles. The monoisotopic (exact) mass is 374 g/mol. The average Bonchev–Trinajstić information content (AvgIpc) is 3.13. The van der Waals surface area contributed by atoms with Crippen LogP contribution in [0.1, 0.15) is 32.2 Å². The van der Waals surface area contributed by atoms with E-state index < -0.39 is 11.6 Å². The lowest BCUT2D eigenvalue weighted by atomic mass is 9.97. The Morgan fingerprint density at radius 2 is 1.81 bits per heavy atom. The highest BCUT2D eigenvalue weighted by Gasteiger charge is 2.22. The summed E-state index contributed by atoms with van der Waals surface area (Å²) in [7, 11) is 1.49. The van der Waals surface area contributed by atoms with Crippen LogP contribution in [0, 0.1) is 11.6 Å². The number of aromatic nitrogens is 2. The molecule has 0 saturated heterocycles. The second-order valence-electron chi connectivity index (χ2n) is 7.06. The molecule has 0 radical (unpaired) electrons. The normalized spacial score (nSPS) is 11.5. The van der Waals surface area contributed by atoms with Gasteiger partial charge in [0.15, 0.2) is 11.5 Å². The Labute approximate surface area is 155 Å². The third-order valence-electron chi connectivity index (χ3n) is 3.88. The lowest BCUT2D eigenvalue weighted by molar-refractivity contribution is 0.279. The molecule has 0 N–H and O–H groups in total. The minimum atomic E-state index is -0.534. The summed E-state index contributed by atoms with van der Waals surface area (Å²) in [5, 5.41) is 4.00. The number of benzene rings is 2. The first kappa shape index (κ1) is 18.8. The van der Waals surface area contributed by atoms with E-state index in [0.29, 0.717) is 28.8 Å². The molecule has 3 aromatic rings. The predicted octanol–water partition coefficient (Wildman–Crippen LogP) is 4.90. The number of hydrogen-bond acceptors (Lipinski definition) is 5. The second kappa shape index (κ2) is 7.34. The molecule has 0 unspecified atom stereocenters. The molecule has 0 aliphatic heterocycles. The van der Waals surface area contributed by atoms with Gasteiger partial charge < -0.3 is 14.0 Å². The quantitative estimate of drug-likeness (QED) is 0.636. The summed E-state index contributed by atoms with van der Waals surface area (Å²) in [5.74, 6) is 0.716. The topological polar surface area (TPSA) is 57.4 Å². The van der Waals surface area contributed by atoms with E-state index in [1.807, 2.05) is 20.8 Å². The molecule has 5 nitrogen and oxygen atoms in total. The van der Waals surface area contributed by atoms with Crippen molar-refractivity contribution in [1.82, 2.24) is 10.1 Å². The van der Waals surface area contributed by atoms with Gasteiger partial charge in [-0.05, 0) is 36.4 Å². The minimum Gasteiger partial charge on any atom is -0.493 e. The van der Waals surface area contributed by atoms with Gasteiger partial charge >= 0.3 is 0 Å². The van der Waals surface area contributed by atoms with Crippen LogP contribution in [0.3, 0.4) is 0 Å². The first-order valence-electron chi connectivity index (χ1n) is 8.37. The van der Waals surface area contributed by atoms with Crippen molar-refractivity contribution >= 4 is 0 Å². The molecule has 0 spiro atoms. The molecule has 0 aliphatic carbocycles. The summed E-state index contributed by atoms with van der Waals surface area (Å²) in [6.45, 7) is 5.81. The van der Waals surface area contributed by atoms with Gasteiger partial charge in [-0.1, -0.05) is 25.9 Å². The van der Waals surface area contributed by atoms with Crippen molar-refractivity contribution in [2.75, 3.05) is 7.11 Å². The van der Waals surface area contributed by atoms with E-state index in [9.17, 15) is 8.78 Å². The lowest BCUT2D eigenvalue weighted by Gasteiger charge is -2.12. The number of nitrogens with zero attached hydrogens (tertiary/aromatic N) is 2. The Balaban J connectivity index is 1.82. The molecule has 0 atom stereocenters. The molecular weight excluding hydrogens is 354 g/mol. The molecule has 0 aliphatic rings. The third-order valence-corrected chi connectivity index (χ3v) is 3.88. The van der Waals surface area contributed by atoms with Gasteiger partial charge in [-0.3, -0.25) is 0 Å². The fraction of sp³-hybridized carbons (Fsp3) is 0.300. The highest BCUT2D eigenvalue weighted by molar-refractivity contribution is 5.60. The number of hydrogen-bond donors (Lipinski definition) is 0. The molecular formula is C20H20F2N2O3. The number of halogens is 2. The molecule has 0 bridgehead atoms. The summed E-state index contributed by atoms with van der Waals surface area (Å²) in [5.41, 5.74) is 0.553.